The maximum absolute atomic E-state index is 6.25. The third kappa shape index (κ3) is 5.91. The quantitative estimate of drug-likeness (QED) is 0.124. The maximum Gasteiger partial charge on any atom is 0.199 e. The van der Waals surface area contributed by atoms with Crippen LogP contribution in [0.25, 0.3) is 100 Å². The number of hydrogen-bond acceptors (Lipinski definition) is 4. The van der Waals surface area contributed by atoms with Crippen molar-refractivity contribution in [2.24, 2.45) is 0 Å². The van der Waals surface area contributed by atoms with Gasteiger partial charge in [0.05, 0.1) is 8.07 Å². The highest BCUT2D eigenvalue weighted by Gasteiger charge is 2.36. The molecule has 0 amide bonds. The zero-order valence-electron chi connectivity index (χ0n) is 34.4. The summed E-state index contributed by atoms with van der Waals surface area (Å²) in [7, 11) is -1.63. The summed E-state index contributed by atoms with van der Waals surface area (Å²) in [5.41, 5.74) is 12.6. The van der Waals surface area contributed by atoms with Gasteiger partial charge in [-0.3, -0.25) is 0 Å². The van der Waals surface area contributed by atoms with Gasteiger partial charge in [0.2, 0.25) is 0 Å². The molecule has 0 N–H and O–H groups in total. The standard InChI is InChI=1S/C55H43N3OSi/c1-55(2)46-31-37(36-18-13-19-40(30-36)53-56-52(35-15-7-6-8-16-35)57-54(58-53)49-33-39-17-10-12-21-48(39)59-49)23-25-43(46)44-26-24-38(32-47(44)55)41-28-29-50(60(3,4)5)51-42-20-11-9-14-34(42)22-27-45(41)51/h6-33H,1-5H3. The van der Waals surface area contributed by atoms with Crippen molar-refractivity contribution in [1.82, 2.24) is 15.0 Å². The average Bonchev–Trinajstić information content (AvgIpc) is 3.82. The molecule has 0 aliphatic heterocycles. The number of rotatable bonds is 6. The molecule has 1 aliphatic rings. The van der Waals surface area contributed by atoms with Crippen LogP contribution in [0.15, 0.2) is 174 Å². The molecule has 1 aliphatic carbocycles. The van der Waals surface area contributed by atoms with Gasteiger partial charge in [0, 0.05) is 21.9 Å². The third-order valence-corrected chi connectivity index (χ3v) is 14.5. The fourth-order valence-corrected chi connectivity index (χ4v) is 11.0. The summed E-state index contributed by atoms with van der Waals surface area (Å²) >= 11 is 0. The van der Waals surface area contributed by atoms with Gasteiger partial charge >= 0.3 is 0 Å². The van der Waals surface area contributed by atoms with Crippen molar-refractivity contribution in [3.63, 3.8) is 0 Å². The van der Waals surface area contributed by atoms with Crippen LogP contribution in [0, 0.1) is 0 Å². The second kappa shape index (κ2) is 13.5. The molecule has 11 rings (SSSR count). The van der Waals surface area contributed by atoms with Crippen molar-refractivity contribution in [2.45, 2.75) is 38.9 Å². The molecule has 288 valence electrons. The molecular formula is C55H43N3OSi. The predicted octanol–water partition coefficient (Wildman–Crippen LogP) is 14.1. The largest absolute Gasteiger partial charge is 0.453 e. The average molecular weight is 790 g/mol. The van der Waals surface area contributed by atoms with Gasteiger partial charge in [0.25, 0.3) is 0 Å². The second-order valence-corrected chi connectivity index (χ2v) is 22.7. The van der Waals surface area contributed by atoms with E-state index in [1.165, 1.54) is 60.1 Å². The van der Waals surface area contributed by atoms with E-state index in [2.05, 4.69) is 143 Å². The van der Waals surface area contributed by atoms with Crippen molar-refractivity contribution in [3.8, 4) is 67.7 Å². The van der Waals surface area contributed by atoms with Gasteiger partial charge in [-0.15, -0.1) is 0 Å². The van der Waals surface area contributed by atoms with Crippen LogP contribution in [0.4, 0.5) is 0 Å². The summed E-state index contributed by atoms with van der Waals surface area (Å²) in [4.78, 5) is 14.9. The number of para-hydroxylation sites is 1. The van der Waals surface area contributed by atoms with Gasteiger partial charge in [-0.05, 0) is 96.4 Å². The first-order valence-electron chi connectivity index (χ1n) is 20.8. The Morgan fingerprint density at radius 1 is 0.433 bits per heavy atom. The SMILES string of the molecule is CC1(C)c2cc(-c3cccc(-c4nc(-c5ccccc5)nc(-c5cc6ccccc6o5)n4)c3)ccc2-c2ccc(-c3ccc([Si](C)(C)C)c4c3ccc3ccccc34)cc21. The normalized spacial score (nSPS) is 13.2. The zero-order chi connectivity index (χ0) is 40.8. The van der Waals surface area contributed by atoms with E-state index in [1.807, 2.05) is 60.7 Å². The molecule has 4 nitrogen and oxygen atoms in total. The Kier molecular flexibility index (Phi) is 8.16. The lowest BCUT2D eigenvalue weighted by molar-refractivity contribution is 0.625. The first-order chi connectivity index (χ1) is 29.1. The van der Waals surface area contributed by atoms with E-state index in [0.29, 0.717) is 23.2 Å². The summed E-state index contributed by atoms with van der Waals surface area (Å²) in [6.07, 6.45) is 0. The Labute approximate surface area is 351 Å². The van der Waals surface area contributed by atoms with Crippen LogP contribution in [0.5, 0.6) is 0 Å². The maximum atomic E-state index is 6.25. The number of furan rings is 1. The second-order valence-electron chi connectivity index (χ2n) is 17.7. The van der Waals surface area contributed by atoms with E-state index in [9.17, 15) is 0 Å². The molecule has 0 fully saturated rings. The van der Waals surface area contributed by atoms with Crippen molar-refractivity contribution in [1.29, 1.82) is 0 Å². The summed E-state index contributed by atoms with van der Waals surface area (Å²) in [6.45, 7) is 12.1. The third-order valence-electron chi connectivity index (χ3n) is 12.5. The van der Waals surface area contributed by atoms with Crippen LogP contribution in [-0.4, -0.2) is 23.0 Å². The van der Waals surface area contributed by atoms with E-state index in [0.717, 1.165) is 33.2 Å². The lowest BCUT2D eigenvalue weighted by Gasteiger charge is -2.24. The molecule has 60 heavy (non-hydrogen) atoms. The van der Waals surface area contributed by atoms with Crippen LogP contribution in [0.1, 0.15) is 25.0 Å². The molecule has 0 bridgehead atoms. The Bertz CT molecular complexity index is 3310. The lowest BCUT2D eigenvalue weighted by atomic mass is 9.80. The van der Waals surface area contributed by atoms with Crippen molar-refractivity contribution >= 4 is 45.8 Å². The Hall–Kier alpha value is -6.95. The number of fused-ring (bicyclic) bond motifs is 7. The molecular weight excluding hydrogens is 747 g/mol. The minimum Gasteiger partial charge on any atom is -0.453 e. The fraction of sp³-hybridized carbons (Fsp3) is 0.109. The first kappa shape index (κ1) is 36.2. The molecule has 8 aromatic carbocycles. The monoisotopic (exact) mass is 789 g/mol. The topological polar surface area (TPSA) is 51.8 Å². The summed E-state index contributed by atoms with van der Waals surface area (Å²) < 4.78 is 6.25. The zero-order valence-corrected chi connectivity index (χ0v) is 35.4. The summed E-state index contributed by atoms with van der Waals surface area (Å²) in [6, 6.07) is 61.0. The highest BCUT2D eigenvalue weighted by atomic mass is 28.3. The van der Waals surface area contributed by atoms with Crippen molar-refractivity contribution < 1.29 is 4.42 Å². The van der Waals surface area contributed by atoms with Gasteiger partial charge in [-0.1, -0.05) is 178 Å². The van der Waals surface area contributed by atoms with Gasteiger partial charge in [-0.25, -0.2) is 15.0 Å². The summed E-state index contributed by atoms with van der Waals surface area (Å²) in [5.74, 6) is 2.32. The molecule has 0 saturated carbocycles. The van der Waals surface area contributed by atoms with E-state index < -0.39 is 8.07 Å². The Balaban J connectivity index is 0.979. The van der Waals surface area contributed by atoms with Crippen LogP contribution in [0.3, 0.4) is 0 Å². The molecule has 0 unspecified atom stereocenters. The molecule has 2 aromatic heterocycles. The molecule has 0 radical (unpaired) electrons. The molecule has 2 heterocycles. The van der Waals surface area contributed by atoms with Crippen LogP contribution in [-0.2, 0) is 5.41 Å². The molecule has 10 aromatic rings. The van der Waals surface area contributed by atoms with Gasteiger partial charge in [0.1, 0.15) is 5.58 Å². The highest BCUT2D eigenvalue weighted by Crippen LogP contribution is 2.51. The molecule has 5 heteroatoms. The number of aromatic nitrogens is 3. The van der Waals surface area contributed by atoms with Gasteiger partial charge in [0.15, 0.2) is 23.2 Å². The van der Waals surface area contributed by atoms with Crippen molar-refractivity contribution in [3.05, 3.63) is 181 Å². The number of benzene rings is 8. The molecule has 0 spiro atoms. The number of hydrogen-bond donors (Lipinski definition) is 0. The first-order valence-corrected chi connectivity index (χ1v) is 24.3. The Morgan fingerprint density at radius 3 is 1.80 bits per heavy atom. The fourth-order valence-electron chi connectivity index (χ4n) is 9.35. The predicted molar refractivity (Wildman–Crippen MR) is 252 cm³/mol. The van der Waals surface area contributed by atoms with E-state index >= 15 is 0 Å². The van der Waals surface area contributed by atoms with Gasteiger partial charge < -0.3 is 4.42 Å². The van der Waals surface area contributed by atoms with Crippen LogP contribution >= 0.6 is 0 Å². The van der Waals surface area contributed by atoms with E-state index in [-0.39, 0.29) is 5.41 Å². The Morgan fingerprint density at radius 2 is 1.03 bits per heavy atom. The van der Waals surface area contributed by atoms with E-state index in [4.69, 9.17) is 19.4 Å². The molecule has 0 saturated heterocycles. The van der Waals surface area contributed by atoms with E-state index in [1.54, 1.807) is 0 Å². The highest BCUT2D eigenvalue weighted by molar-refractivity contribution is 6.90. The van der Waals surface area contributed by atoms with Gasteiger partial charge in [-0.2, -0.15) is 0 Å². The number of nitrogens with zero attached hydrogens (tertiary/aromatic N) is 3. The minimum atomic E-state index is -1.63. The summed E-state index contributed by atoms with van der Waals surface area (Å²) in [5, 5.41) is 7.92. The smallest absolute Gasteiger partial charge is 0.199 e. The van der Waals surface area contributed by atoms with Crippen molar-refractivity contribution in [2.75, 3.05) is 0 Å². The van der Waals surface area contributed by atoms with Crippen LogP contribution in [0.2, 0.25) is 19.6 Å². The lowest BCUT2D eigenvalue weighted by Crippen LogP contribution is -2.38. The minimum absolute atomic E-state index is 0.199. The van der Waals surface area contributed by atoms with Crippen LogP contribution < -0.4 is 5.19 Å². The molecule has 0 atom stereocenters.